The molecule has 1 aromatic heterocycles. The summed E-state index contributed by atoms with van der Waals surface area (Å²) in [4.78, 5) is 21.2. The summed E-state index contributed by atoms with van der Waals surface area (Å²) in [5, 5.41) is 0.635. The van der Waals surface area contributed by atoms with Gasteiger partial charge in [-0.3, -0.25) is 4.79 Å². The lowest BCUT2D eigenvalue weighted by Gasteiger charge is -2.35. The van der Waals surface area contributed by atoms with Gasteiger partial charge in [0.25, 0.3) is 0 Å². The van der Waals surface area contributed by atoms with Gasteiger partial charge in [0, 0.05) is 32.4 Å². The second-order valence-electron chi connectivity index (χ2n) is 6.94. The molecule has 5 heteroatoms. The highest BCUT2D eigenvalue weighted by Gasteiger charge is 2.21. The maximum Gasteiger partial charge on any atom is 0.227 e. The highest BCUT2D eigenvalue weighted by Crippen LogP contribution is 2.20. The van der Waals surface area contributed by atoms with Crippen LogP contribution in [0, 0.1) is 0 Å². The molecular formula is C23H22ClN3O. The van der Waals surface area contributed by atoms with Gasteiger partial charge >= 0.3 is 0 Å². The largest absolute Gasteiger partial charge is 0.353 e. The fourth-order valence-corrected chi connectivity index (χ4v) is 3.58. The van der Waals surface area contributed by atoms with E-state index in [-0.39, 0.29) is 5.91 Å². The summed E-state index contributed by atoms with van der Waals surface area (Å²) in [7, 11) is 0. The average Bonchev–Trinajstić information content (AvgIpc) is 2.75. The van der Waals surface area contributed by atoms with Gasteiger partial charge in [0.2, 0.25) is 5.91 Å². The number of halogens is 1. The van der Waals surface area contributed by atoms with Crippen LogP contribution in [0.4, 0.5) is 5.82 Å². The van der Waals surface area contributed by atoms with Crippen molar-refractivity contribution >= 4 is 23.3 Å². The lowest BCUT2D eigenvalue weighted by Crippen LogP contribution is -2.49. The van der Waals surface area contributed by atoms with Gasteiger partial charge in [-0.15, -0.1) is 0 Å². The van der Waals surface area contributed by atoms with Crippen molar-refractivity contribution in [3.05, 3.63) is 83.5 Å². The molecule has 2 aromatic carbocycles. The van der Waals surface area contributed by atoms with Gasteiger partial charge in [-0.1, -0.05) is 66.2 Å². The molecule has 0 spiro atoms. The molecule has 2 heterocycles. The number of carbonyl (C=O) groups is 1. The van der Waals surface area contributed by atoms with E-state index in [9.17, 15) is 4.79 Å². The third-order valence-electron chi connectivity index (χ3n) is 5.08. The number of aromatic nitrogens is 1. The lowest BCUT2D eigenvalue weighted by molar-refractivity contribution is -0.130. The molecule has 3 aromatic rings. The summed E-state index contributed by atoms with van der Waals surface area (Å²) in [5.74, 6) is 1.09. The molecule has 28 heavy (non-hydrogen) atoms. The fourth-order valence-electron chi connectivity index (χ4n) is 3.47. The quantitative estimate of drug-likeness (QED) is 0.665. The van der Waals surface area contributed by atoms with Crippen LogP contribution in [0.2, 0.25) is 5.02 Å². The molecule has 0 bridgehead atoms. The zero-order valence-electron chi connectivity index (χ0n) is 15.6. The normalized spacial score (nSPS) is 14.2. The van der Waals surface area contributed by atoms with E-state index in [1.165, 1.54) is 11.1 Å². The maximum atomic E-state index is 12.7. The highest BCUT2D eigenvalue weighted by atomic mass is 35.5. The van der Waals surface area contributed by atoms with Crippen molar-refractivity contribution in [2.75, 3.05) is 31.1 Å². The second-order valence-corrected chi connectivity index (χ2v) is 7.38. The second kappa shape index (κ2) is 8.44. The van der Waals surface area contributed by atoms with Crippen molar-refractivity contribution in [1.82, 2.24) is 9.88 Å². The van der Waals surface area contributed by atoms with Gasteiger partial charge in [0.15, 0.2) is 0 Å². The summed E-state index contributed by atoms with van der Waals surface area (Å²) < 4.78 is 0. The highest BCUT2D eigenvalue weighted by molar-refractivity contribution is 6.30. The van der Waals surface area contributed by atoms with E-state index in [4.69, 9.17) is 11.6 Å². The van der Waals surface area contributed by atoms with E-state index >= 15 is 0 Å². The first-order valence-corrected chi connectivity index (χ1v) is 9.85. The Hall–Kier alpha value is -2.85. The predicted molar refractivity (Wildman–Crippen MR) is 114 cm³/mol. The Morgan fingerprint density at radius 2 is 1.54 bits per heavy atom. The maximum absolute atomic E-state index is 12.7. The SMILES string of the molecule is O=C(Cc1ccc(-c2ccccc2)cc1)N1CCN(c2ccc(Cl)cn2)CC1. The molecule has 4 rings (SSSR count). The molecule has 0 atom stereocenters. The molecule has 0 N–H and O–H groups in total. The van der Waals surface area contributed by atoms with Crippen LogP contribution < -0.4 is 4.90 Å². The molecular weight excluding hydrogens is 370 g/mol. The van der Waals surface area contributed by atoms with E-state index in [0.29, 0.717) is 24.5 Å². The number of pyridine rings is 1. The zero-order valence-corrected chi connectivity index (χ0v) is 16.3. The molecule has 1 amide bonds. The number of nitrogens with zero attached hydrogens (tertiary/aromatic N) is 3. The Morgan fingerprint density at radius 1 is 0.857 bits per heavy atom. The van der Waals surface area contributed by atoms with E-state index in [2.05, 4.69) is 34.1 Å². The minimum absolute atomic E-state index is 0.177. The van der Waals surface area contributed by atoms with Gasteiger partial charge in [0.05, 0.1) is 11.4 Å². The summed E-state index contributed by atoms with van der Waals surface area (Å²) in [6.07, 6.45) is 2.10. The zero-order chi connectivity index (χ0) is 19.3. The third-order valence-corrected chi connectivity index (χ3v) is 5.31. The van der Waals surface area contributed by atoms with E-state index in [1.807, 2.05) is 47.4 Å². The van der Waals surface area contributed by atoms with Crippen molar-refractivity contribution in [3.63, 3.8) is 0 Å². The fraction of sp³-hybridized carbons (Fsp3) is 0.217. The monoisotopic (exact) mass is 391 g/mol. The Bertz CT molecular complexity index is 918. The summed E-state index contributed by atoms with van der Waals surface area (Å²) in [5.41, 5.74) is 3.40. The Labute approximate surface area is 170 Å². The van der Waals surface area contributed by atoms with Gasteiger partial charge < -0.3 is 9.80 Å². The van der Waals surface area contributed by atoms with Crippen LogP contribution in [0.1, 0.15) is 5.56 Å². The number of amides is 1. The number of hydrogen-bond donors (Lipinski definition) is 0. The number of carbonyl (C=O) groups excluding carboxylic acids is 1. The number of rotatable bonds is 4. The molecule has 0 aliphatic carbocycles. The molecule has 1 aliphatic heterocycles. The Balaban J connectivity index is 1.32. The van der Waals surface area contributed by atoms with E-state index in [1.54, 1.807) is 6.20 Å². The summed E-state index contributed by atoms with van der Waals surface area (Å²) in [6, 6.07) is 22.3. The number of hydrogen-bond acceptors (Lipinski definition) is 3. The van der Waals surface area contributed by atoms with Crippen LogP contribution >= 0.6 is 11.6 Å². The molecule has 4 nitrogen and oxygen atoms in total. The first-order chi connectivity index (χ1) is 13.7. The predicted octanol–water partition coefficient (Wildman–Crippen LogP) is 4.29. The van der Waals surface area contributed by atoms with Crippen LogP contribution in [0.5, 0.6) is 0 Å². The summed E-state index contributed by atoms with van der Waals surface area (Å²) in [6.45, 7) is 3.00. The van der Waals surface area contributed by atoms with Crippen LogP contribution in [-0.2, 0) is 11.2 Å². The van der Waals surface area contributed by atoms with Crippen LogP contribution in [-0.4, -0.2) is 42.0 Å². The number of benzene rings is 2. The molecule has 142 valence electrons. The molecule has 1 fully saturated rings. The summed E-state index contributed by atoms with van der Waals surface area (Å²) >= 11 is 5.90. The lowest BCUT2D eigenvalue weighted by atomic mass is 10.0. The van der Waals surface area contributed by atoms with Crippen LogP contribution in [0.15, 0.2) is 72.9 Å². The van der Waals surface area contributed by atoms with Crippen molar-refractivity contribution in [3.8, 4) is 11.1 Å². The molecule has 1 saturated heterocycles. The van der Waals surface area contributed by atoms with Crippen molar-refractivity contribution in [2.24, 2.45) is 0 Å². The number of anilines is 1. The first kappa shape index (κ1) is 18.5. The van der Waals surface area contributed by atoms with Gasteiger partial charge in [-0.05, 0) is 28.8 Å². The van der Waals surface area contributed by atoms with Gasteiger partial charge in [0.1, 0.15) is 5.82 Å². The first-order valence-electron chi connectivity index (χ1n) is 9.48. The van der Waals surface area contributed by atoms with Crippen molar-refractivity contribution < 1.29 is 4.79 Å². The minimum atomic E-state index is 0.177. The molecule has 0 radical (unpaired) electrons. The standard InChI is InChI=1S/C23H22ClN3O/c24-21-10-11-22(25-17-21)26-12-14-27(15-13-26)23(28)16-18-6-8-20(9-7-18)19-4-2-1-3-5-19/h1-11,17H,12-16H2. The third kappa shape index (κ3) is 4.34. The van der Waals surface area contributed by atoms with Crippen molar-refractivity contribution in [1.29, 1.82) is 0 Å². The molecule has 1 aliphatic rings. The van der Waals surface area contributed by atoms with Crippen molar-refractivity contribution in [2.45, 2.75) is 6.42 Å². The topological polar surface area (TPSA) is 36.4 Å². The minimum Gasteiger partial charge on any atom is -0.353 e. The molecule has 0 unspecified atom stereocenters. The van der Waals surface area contributed by atoms with Gasteiger partial charge in [-0.2, -0.15) is 0 Å². The van der Waals surface area contributed by atoms with Crippen LogP contribution in [0.3, 0.4) is 0 Å². The Kier molecular flexibility index (Phi) is 5.58. The van der Waals surface area contributed by atoms with Gasteiger partial charge in [-0.25, -0.2) is 4.98 Å². The molecule has 0 saturated carbocycles. The number of piperazine rings is 1. The average molecular weight is 392 g/mol. The smallest absolute Gasteiger partial charge is 0.227 e. The van der Waals surface area contributed by atoms with Crippen LogP contribution in [0.25, 0.3) is 11.1 Å². The van der Waals surface area contributed by atoms with E-state index in [0.717, 1.165) is 24.5 Å². The Morgan fingerprint density at radius 3 is 2.18 bits per heavy atom. The van der Waals surface area contributed by atoms with E-state index < -0.39 is 0 Å².